The van der Waals surface area contributed by atoms with Gasteiger partial charge in [0.2, 0.25) is 0 Å². The fourth-order valence-corrected chi connectivity index (χ4v) is 3.02. The van der Waals surface area contributed by atoms with Gasteiger partial charge in [0.1, 0.15) is 22.8 Å². The average molecular weight is 348 g/mol. The third kappa shape index (κ3) is 3.28. The maximum Gasteiger partial charge on any atom is 0.154 e. The smallest absolute Gasteiger partial charge is 0.154 e. The van der Waals surface area contributed by atoms with Crippen molar-refractivity contribution in [2.75, 3.05) is 5.32 Å². The van der Waals surface area contributed by atoms with E-state index in [-0.39, 0.29) is 0 Å². The van der Waals surface area contributed by atoms with Crippen LogP contribution >= 0.6 is 0 Å². The normalized spacial score (nSPS) is 11.2. The molecule has 0 amide bonds. The monoisotopic (exact) mass is 348 g/mol. The molecule has 0 aliphatic rings. The number of hydrogen-bond acceptors (Lipinski definition) is 6. The van der Waals surface area contributed by atoms with Crippen molar-refractivity contribution in [3.63, 3.8) is 0 Å². The van der Waals surface area contributed by atoms with Gasteiger partial charge in [-0.2, -0.15) is 0 Å². The molecule has 0 aliphatic heterocycles. The minimum Gasteiger partial charge on any atom is -0.362 e. The molecule has 0 fully saturated rings. The first-order valence-corrected chi connectivity index (χ1v) is 8.50. The van der Waals surface area contributed by atoms with Crippen molar-refractivity contribution in [3.05, 3.63) is 65.2 Å². The molecule has 26 heavy (non-hydrogen) atoms. The van der Waals surface area contributed by atoms with Gasteiger partial charge in [0.05, 0.1) is 24.3 Å². The molecule has 0 atom stereocenters. The molecule has 0 aromatic carbocycles. The van der Waals surface area contributed by atoms with Gasteiger partial charge < -0.3 is 14.4 Å². The van der Waals surface area contributed by atoms with Crippen LogP contribution in [0.25, 0.3) is 11.0 Å². The van der Waals surface area contributed by atoms with E-state index in [4.69, 9.17) is 4.52 Å². The first-order valence-electron chi connectivity index (χ1n) is 8.50. The maximum atomic E-state index is 5.13. The summed E-state index contributed by atoms with van der Waals surface area (Å²) in [6.45, 7) is 6.97. The molecule has 0 radical (unpaired) electrons. The lowest BCUT2D eigenvalue weighted by atomic mass is 10.3. The molecule has 4 aromatic rings. The van der Waals surface area contributed by atoms with Crippen LogP contribution < -0.4 is 5.32 Å². The highest BCUT2D eigenvalue weighted by Crippen LogP contribution is 2.23. The summed E-state index contributed by atoms with van der Waals surface area (Å²) in [6, 6.07) is 9.96. The molecule has 0 saturated heterocycles. The molecule has 0 bridgehead atoms. The molecule has 4 aromatic heterocycles. The van der Waals surface area contributed by atoms with Gasteiger partial charge in [-0.05, 0) is 39.0 Å². The lowest BCUT2D eigenvalue weighted by molar-refractivity contribution is 0.391. The summed E-state index contributed by atoms with van der Waals surface area (Å²) in [6.07, 6.45) is 2.02. The third-order valence-electron chi connectivity index (χ3n) is 4.11. The predicted octanol–water partition coefficient (Wildman–Crippen LogP) is 3.40. The van der Waals surface area contributed by atoms with Gasteiger partial charge in [0.25, 0.3) is 0 Å². The second-order valence-corrected chi connectivity index (χ2v) is 6.35. The Balaban J connectivity index is 1.68. The zero-order valence-electron chi connectivity index (χ0n) is 15.0. The van der Waals surface area contributed by atoms with E-state index < -0.39 is 0 Å². The number of nitrogens with zero attached hydrogens (tertiary/aromatic N) is 5. The number of aromatic nitrogens is 5. The third-order valence-corrected chi connectivity index (χ3v) is 4.11. The molecular formula is C19H20N6O. The lowest BCUT2D eigenvalue weighted by Gasteiger charge is -2.11. The number of hydrogen-bond donors (Lipinski definition) is 1. The Morgan fingerprint density at radius 2 is 1.92 bits per heavy atom. The molecule has 0 unspecified atom stereocenters. The predicted molar refractivity (Wildman–Crippen MR) is 98.9 cm³/mol. The summed E-state index contributed by atoms with van der Waals surface area (Å²) in [5.41, 5.74) is 4.71. The molecule has 7 heteroatoms. The van der Waals surface area contributed by atoms with Gasteiger partial charge in [0.15, 0.2) is 5.82 Å². The Labute approximate surface area is 151 Å². The van der Waals surface area contributed by atoms with Crippen LogP contribution in [0.15, 0.2) is 41.1 Å². The van der Waals surface area contributed by atoms with Crippen molar-refractivity contribution >= 4 is 16.9 Å². The van der Waals surface area contributed by atoms with Crippen LogP contribution in [-0.2, 0) is 13.1 Å². The summed E-state index contributed by atoms with van der Waals surface area (Å²) in [5.74, 6) is 2.30. The fourth-order valence-electron chi connectivity index (χ4n) is 3.02. The zero-order chi connectivity index (χ0) is 18.1. The molecule has 7 nitrogen and oxygen atoms in total. The van der Waals surface area contributed by atoms with Gasteiger partial charge in [0, 0.05) is 18.0 Å². The summed E-state index contributed by atoms with van der Waals surface area (Å²) < 4.78 is 7.24. The highest BCUT2D eigenvalue weighted by Gasteiger charge is 2.12. The number of anilines is 1. The van der Waals surface area contributed by atoms with Crippen molar-refractivity contribution in [2.24, 2.45) is 0 Å². The van der Waals surface area contributed by atoms with E-state index in [0.717, 1.165) is 45.5 Å². The van der Waals surface area contributed by atoms with Crippen molar-refractivity contribution in [1.29, 1.82) is 0 Å². The number of nitrogens with one attached hydrogen (secondary N) is 1. The van der Waals surface area contributed by atoms with Crippen LogP contribution in [0.1, 0.15) is 28.7 Å². The van der Waals surface area contributed by atoms with E-state index in [1.165, 1.54) is 0 Å². The van der Waals surface area contributed by atoms with Crippen molar-refractivity contribution in [3.8, 4) is 0 Å². The minimum absolute atomic E-state index is 0.538. The highest BCUT2D eigenvalue weighted by molar-refractivity contribution is 5.86. The largest absolute Gasteiger partial charge is 0.362 e. The SMILES string of the molecule is Cc1cccc(Cn2ccc3nc(C)nc(NCc4cc(C)on4)c32)n1. The van der Waals surface area contributed by atoms with Crippen LogP contribution in [0, 0.1) is 20.8 Å². The Hall–Kier alpha value is -3.22. The van der Waals surface area contributed by atoms with E-state index in [9.17, 15) is 0 Å². The highest BCUT2D eigenvalue weighted by atomic mass is 16.5. The molecule has 0 saturated carbocycles. The van der Waals surface area contributed by atoms with E-state index in [1.54, 1.807) is 0 Å². The first-order chi connectivity index (χ1) is 12.6. The molecule has 4 rings (SSSR count). The van der Waals surface area contributed by atoms with E-state index >= 15 is 0 Å². The van der Waals surface area contributed by atoms with Crippen molar-refractivity contribution < 1.29 is 4.52 Å². The summed E-state index contributed by atoms with van der Waals surface area (Å²) in [7, 11) is 0. The van der Waals surface area contributed by atoms with E-state index in [2.05, 4.69) is 30.0 Å². The fraction of sp³-hybridized carbons (Fsp3) is 0.263. The van der Waals surface area contributed by atoms with Crippen LogP contribution in [0.3, 0.4) is 0 Å². The second kappa shape index (κ2) is 6.59. The molecular weight excluding hydrogens is 328 g/mol. The van der Waals surface area contributed by atoms with Crippen molar-refractivity contribution in [2.45, 2.75) is 33.9 Å². The van der Waals surface area contributed by atoms with Crippen LogP contribution in [-0.4, -0.2) is 24.7 Å². The molecule has 0 aliphatic carbocycles. The van der Waals surface area contributed by atoms with Gasteiger partial charge in [-0.15, -0.1) is 0 Å². The number of rotatable bonds is 5. The van der Waals surface area contributed by atoms with Gasteiger partial charge >= 0.3 is 0 Å². The van der Waals surface area contributed by atoms with Crippen LogP contribution in [0.2, 0.25) is 0 Å². The van der Waals surface area contributed by atoms with Crippen LogP contribution in [0.4, 0.5) is 5.82 Å². The maximum absolute atomic E-state index is 5.13. The number of aryl methyl sites for hydroxylation is 3. The lowest BCUT2D eigenvalue weighted by Crippen LogP contribution is -2.08. The van der Waals surface area contributed by atoms with Crippen LogP contribution in [0.5, 0.6) is 0 Å². The first kappa shape index (κ1) is 16.3. The quantitative estimate of drug-likeness (QED) is 0.595. The Morgan fingerprint density at radius 3 is 2.69 bits per heavy atom. The molecule has 0 spiro atoms. The summed E-state index contributed by atoms with van der Waals surface area (Å²) in [5, 5.41) is 7.39. The second-order valence-electron chi connectivity index (χ2n) is 6.35. The molecule has 1 N–H and O–H groups in total. The number of pyridine rings is 1. The molecule has 4 heterocycles. The standard InChI is InChI=1S/C19H20N6O/c1-12-5-4-6-15(21-12)11-25-8-7-17-18(25)19(23-14(3)22-17)20-10-16-9-13(2)26-24-16/h4-9H,10-11H2,1-3H3,(H,20,22,23). The Kier molecular flexibility index (Phi) is 4.12. The van der Waals surface area contributed by atoms with E-state index in [0.29, 0.717) is 13.1 Å². The molecule has 132 valence electrons. The summed E-state index contributed by atoms with van der Waals surface area (Å²) >= 11 is 0. The summed E-state index contributed by atoms with van der Waals surface area (Å²) in [4.78, 5) is 13.7. The van der Waals surface area contributed by atoms with Gasteiger partial charge in [-0.3, -0.25) is 4.98 Å². The number of fused-ring (bicyclic) bond motifs is 1. The zero-order valence-corrected chi connectivity index (χ0v) is 15.0. The Bertz CT molecular complexity index is 1070. The topological polar surface area (TPSA) is 81.7 Å². The average Bonchev–Trinajstić information content (AvgIpc) is 3.19. The van der Waals surface area contributed by atoms with Gasteiger partial charge in [-0.1, -0.05) is 11.2 Å². The van der Waals surface area contributed by atoms with E-state index in [1.807, 2.05) is 57.3 Å². The van der Waals surface area contributed by atoms with Crippen molar-refractivity contribution in [1.82, 2.24) is 24.7 Å². The Morgan fingerprint density at radius 1 is 1.04 bits per heavy atom. The van der Waals surface area contributed by atoms with Gasteiger partial charge in [-0.25, -0.2) is 9.97 Å². The minimum atomic E-state index is 0.538.